The van der Waals surface area contributed by atoms with Crippen LogP contribution in [0.2, 0.25) is 0 Å². The predicted octanol–water partition coefficient (Wildman–Crippen LogP) is 11.1. The minimum atomic E-state index is 0.613. The van der Waals surface area contributed by atoms with Crippen molar-refractivity contribution in [2.24, 2.45) is 0 Å². The van der Waals surface area contributed by atoms with Crippen LogP contribution in [0, 0.1) is 0 Å². The van der Waals surface area contributed by atoms with Gasteiger partial charge in [-0.15, -0.1) is 0 Å². The molecule has 44 heavy (non-hydrogen) atoms. The third kappa shape index (κ3) is 4.19. The molecule has 0 aliphatic carbocycles. The van der Waals surface area contributed by atoms with Crippen molar-refractivity contribution in [1.82, 2.24) is 14.5 Å². The molecule has 6 heteroatoms. The topological polar surface area (TPSA) is 43.9 Å². The lowest BCUT2D eigenvalue weighted by molar-refractivity contribution is 0.620. The average molecular weight is 602 g/mol. The summed E-state index contributed by atoms with van der Waals surface area (Å²) in [4.78, 5) is 9.58. The van der Waals surface area contributed by atoms with Crippen LogP contribution in [0.5, 0.6) is 0 Å². The molecule has 0 amide bonds. The van der Waals surface area contributed by atoms with E-state index >= 15 is 0 Å². The number of benzene rings is 4. The molecule has 0 saturated carbocycles. The number of aromatic nitrogens is 3. The summed E-state index contributed by atoms with van der Waals surface area (Å²) in [6.45, 7) is 0. The highest BCUT2D eigenvalue weighted by molar-refractivity contribution is 7.08. The van der Waals surface area contributed by atoms with Crippen LogP contribution in [-0.2, 0) is 0 Å². The smallest absolute Gasteiger partial charge is 0.227 e. The zero-order valence-corrected chi connectivity index (χ0v) is 25.0. The molecule has 0 aliphatic rings. The molecule has 9 aromatic rings. The van der Waals surface area contributed by atoms with Crippen LogP contribution in [0.15, 0.2) is 141 Å². The lowest BCUT2D eigenvalue weighted by atomic mass is 10.0. The largest absolute Gasteiger partial charge is 0.436 e. The minimum Gasteiger partial charge on any atom is -0.436 e. The number of oxazole rings is 1. The molecule has 9 rings (SSSR count). The zero-order valence-electron chi connectivity index (χ0n) is 23.3. The molecule has 5 heterocycles. The maximum atomic E-state index is 6.38. The van der Waals surface area contributed by atoms with E-state index in [1.54, 1.807) is 22.7 Å². The van der Waals surface area contributed by atoms with Gasteiger partial charge in [0, 0.05) is 33.8 Å². The van der Waals surface area contributed by atoms with Gasteiger partial charge in [-0.2, -0.15) is 22.7 Å². The first-order valence-corrected chi connectivity index (χ1v) is 16.2. The van der Waals surface area contributed by atoms with Gasteiger partial charge in [-0.3, -0.25) is 4.98 Å². The van der Waals surface area contributed by atoms with Gasteiger partial charge in [-0.1, -0.05) is 36.4 Å². The Hall–Kier alpha value is -5.30. The monoisotopic (exact) mass is 601 g/mol. The van der Waals surface area contributed by atoms with Gasteiger partial charge in [0.1, 0.15) is 5.52 Å². The van der Waals surface area contributed by atoms with E-state index in [4.69, 9.17) is 9.40 Å². The molecule has 0 N–H and O–H groups in total. The van der Waals surface area contributed by atoms with Crippen molar-refractivity contribution in [3.8, 4) is 50.7 Å². The van der Waals surface area contributed by atoms with Gasteiger partial charge in [0.15, 0.2) is 5.58 Å². The standard InChI is InChI=1S/C38H23N3OS2/c1-2-7-35-31(5-1)32-10-8-25(38-40-34-11-9-24(21-37(34)42-38)26-12-15-43-22-26)20-36(32)41(35)30-18-28(27-13-16-44-23-27)17-29(19-30)33-6-3-4-14-39-33/h1-23H. The summed E-state index contributed by atoms with van der Waals surface area (Å²) in [5.74, 6) is 0.613. The summed E-state index contributed by atoms with van der Waals surface area (Å²) in [7, 11) is 0. The number of para-hydroxylation sites is 1. The maximum absolute atomic E-state index is 6.38. The lowest BCUT2D eigenvalue weighted by Crippen LogP contribution is -1.96. The molecular weight excluding hydrogens is 579 g/mol. The molecular formula is C38H23N3OS2. The van der Waals surface area contributed by atoms with E-state index in [-0.39, 0.29) is 0 Å². The fraction of sp³-hybridized carbons (Fsp3) is 0. The van der Waals surface area contributed by atoms with Gasteiger partial charge in [-0.05, 0) is 117 Å². The Kier molecular flexibility index (Phi) is 5.82. The summed E-state index contributed by atoms with van der Waals surface area (Å²) >= 11 is 3.40. The fourth-order valence-corrected chi connectivity index (χ4v) is 7.39. The first-order valence-electron chi connectivity index (χ1n) is 14.3. The number of pyridine rings is 1. The molecule has 0 bridgehead atoms. The van der Waals surface area contributed by atoms with Crippen LogP contribution in [-0.4, -0.2) is 14.5 Å². The first-order chi connectivity index (χ1) is 21.8. The van der Waals surface area contributed by atoms with E-state index < -0.39 is 0 Å². The summed E-state index contributed by atoms with van der Waals surface area (Å²) in [6, 6.07) is 38.4. The molecule has 0 fully saturated rings. The number of hydrogen-bond acceptors (Lipinski definition) is 5. The third-order valence-corrected chi connectivity index (χ3v) is 9.52. The average Bonchev–Trinajstić information content (AvgIpc) is 3.90. The summed E-state index contributed by atoms with van der Waals surface area (Å²) in [5, 5.41) is 10.9. The minimum absolute atomic E-state index is 0.613. The number of hydrogen-bond donors (Lipinski definition) is 0. The number of fused-ring (bicyclic) bond motifs is 4. The van der Waals surface area contributed by atoms with Crippen molar-refractivity contribution in [3.63, 3.8) is 0 Å². The van der Waals surface area contributed by atoms with Gasteiger partial charge in [0.2, 0.25) is 5.89 Å². The number of thiophene rings is 2. The van der Waals surface area contributed by atoms with E-state index in [1.807, 2.05) is 24.4 Å². The fourth-order valence-electron chi connectivity index (χ4n) is 6.06. The van der Waals surface area contributed by atoms with Crippen LogP contribution in [0.4, 0.5) is 0 Å². The molecule has 208 valence electrons. The van der Waals surface area contributed by atoms with Crippen molar-refractivity contribution < 1.29 is 4.42 Å². The van der Waals surface area contributed by atoms with Crippen LogP contribution in [0.25, 0.3) is 83.6 Å². The molecule has 4 aromatic carbocycles. The highest BCUT2D eigenvalue weighted by Crippen LogP contribution is 2.38. The molecule has 4 nitrogen and oxygen atoms in total. The van der Waals surface area contributed by atoms with Gasteiger partial charge >= 0.3 is 0 Å². The van der Waals surface area contributed by atoms with Crippen LogP contribution < -0.4 is 0 Å². The second-order valence-electron chi connectivity index (χ2n) is 10.8. The van der Waals surface area contributed by atoms with Gasteiger partial charge in [0.25, 0.3) is 0 Å². The highest BCUT2D eigenvalue weighted by Gasteiger charge is 2.17. The SMILES string of the molecule is c1ccc(-c2cc(-c3ccsc3)cc(-n3c4ccccc4c4ccc(-c5nc6ccc(-c7ccsc7)cc6o5)cc43)c2)nc1. The Labute approximate surface area is 261 Å². The van der Waals surface area contributed by atoms with Crippen LogP contribution in [0.1, 0.15) is 0 Å². The van der Waals surface area contributed by atoms with Crippen molar-refractivity contribution in [1.29, 1.82) is 0 Å². The van der Waals surface area contributed by atoms with E-state index in [0.29, 0.717) is 5.89 Å². The van der Waals surface area contributed by atoms with Crippen molar-refractivity contribution in [3.05, 3.63) is 137 Å². The lowest BCUT2D eigenvalue weighted by Gasteiger charge is -2.13. The van der Waals surface area contributed by atoms with Gasteiger partial charge in [0.05, 0.1) is 16.7 Å². The molecule has 0 unspecified atom stereocenters. The van der Waals surface area contributed by atoms with E-state index in [0.717, 1.165) is 55.8 Å². The Morgan fingerprint density at radius 3 is 2.16 bits per heavy atom. The molecule has 0 aliphatic heterocycles. The van der Waals surface area contributed by atoms with E-state index in [2.05, 4.69) is 122 Å². The molecule has 0 atom stereocenters. The molecule has 0 spiro atoms. The highest BCUT2D eigenvalue weighted by atomic mass is 32.1. The van der Waals surface area contributed by atoms with Gasteiger partial charge in [-0.25, -0.2) is 4.98 Å². The predicted molar refractivity (Wildman–Crippen MR) is 184 cm³/mol. The Balaban J connectivity index is 1.26. The van der Waals surface area contributed by atoms with E-state index in [9.17, 15) is 0 Å². The number of nitrogens with zero attached hydrogens (tertiary/aromatic N) is 3. The van der Waals surface area contributed by atoms with Crippen LogP contribution in [0.3, 0.4) is 0 Å². The summed E-state index contributed by atoms with van der Waals surface area (Å²) < 4.78 is 8.74. The Bertz CT molecular complexity index is 2440. The second kappa shape index (κ2) is 10.2. The second-order valence-corrected chi connectivity index (χ2v) is 12.4. The van der Waals surface area contributed by atoms with Gasteiger partial charge < -0.3 is 8.98 Å². The Morgan fingerprint density at radius 1 is 0.568 bits per heavy atom. The van der Waals surface area contributed by atoms with Crippen molar-refractivity contribution in [2.45, 2.75) is 0 Å². The first kappa shape index (κ1) is 25.2. The summed E-state index contributed by atoms with van der Waals surface area (Å²) in [6.07, 6.45) is 1.85. The van der Waals surface area contributed by atoms with Crippen LogP contribution >= 0.6 is 22.7 Å². The quantitative estimate of drug-likeness (QED) is 0.197. The van der Waals surface area contributed by atoms with Crippen molar-refractivity contribution >= 4 is 55.6 Å². The van der Waals surface area contributed by atoms with E-state index in [1.165, 1.54) is 21.9 Å². The Morgan fingerprint density at radius 2 is 1.34 bits per heavy atom. The molecule has 0 saturated heterocycles. The summed E-state index contributed by atoms with van der Waals surface area (Å²) in [5.41, 5.74) is 12.6. The normalized spacial score (nSPS) is 11.6. The molecule has 0 radical (unpaired) electrons. The molecule has 5 aromatic heterocycles. The maximum Gasteiger partial charge on any atom is 0.227 e. The third-order valence-electron chi connectivity index (χ3n) is 8.15. The van der Waals surface area contributed by atoms with Crippen molar-refractivity contribution in [2.75, 3.05) is 0 Å². The zero-order chi connectivity index (χ0) is 29.0. The number of rotatable bonds is 5.